The van der Waals surface area contributed by atoms with Gasteiger partial charge in [0.25, 0.3) is 0 Å². The lowest BCUT2D eigenvalue weighted by Crippen LogP contribution is -2.21. The average Bonchev–Trinajstić information content (AvgIpc) is 3.79. The Morgan fingerprint density at radius 2 is 1.36 bits per heavy atom. The van der Waals surface area contributed by atoms with Crippen LogP contribution in [0.1, 0.15) is 22.7 Å². The van der Waals surface area contributed by atoms with Crippen molar-refractivity contribution in [2.45, 2.75) is 12.5 Å². The molecular weight excluding hydrogens is 550 g/mol. The summed E-state index contributed by atoms with van der Waals surface area (Å²) >= 11 is 0. The minimum atomic E-state index is 0.149. The molecule has 8 aromatic rings. The van der Waals surface area contributed by atoms with Crippen molar-refractivity contribution in [2.24, 2.45) is 0 Å². The van der Waals surface area contributed by atoms with E-state index >= 15 is 0 Å². The molecule has 1 aliphatic heterocycles. The summed E-state index contributed by atoms with van der Waals surface area (Å²) in [5, 5.41) is 17.8. The molecule has 0 fully saturated rings. The lowest BCUT2D eigenvalue weighted by Gasteiger charge is -2.28. The molecule has 0 spiro atoms. The van der Waals surface area contributed by atoms with Crippen LogP contribution >= 0.6 is 0 Å². The van der Waals surface area contributed by atoms with Crippen LogP contribution in [0.2, 0.25) is 0 Å². The number of rotatable bonds is 4. The molecule has 1 unspecified atom stereocenters. The van der Waals surface area contributed by atoms with Crippen molar-refractivity contribution in [3.63, 3.8) is 0 Å². The van der Waals surface area contributed by atoms with E-state index in [0.29, 0.717) is 0 Å². The number of benzene rings is 6. The summed E-state index contributed by atoms with van der Waals surface area (Å²) < 4.78 is 4.58. The van der Waals surface area contributed by atoms with E-state index in [9.17, 15) is 0 Å². The quantitative estimate of drug-likeness (QED) is 0.198. The fourth-order valence-electron chi connectivity index (χ4n) is 8.25. The van der Waals surface area contributed by atoms with Gasteiger partial charge in [-0.3, -0.25) is 9.13 Å². The van der Waals surface area contributed by atoms with Gasteiger partial charge in [-0.15, -0.1) is 10.2 Å². The molecule has 3 heterocycles. The van der Waals surface area contributed by atoms with E-state index in [-0.39, 0.29) is 6.04 Å². The van der Waals surface area contributed by atoms with Gasteiger partial charge in [-0.25, -0.2) is 0 Å². The van der Waals surface area contributed by atoms with Crippen molar-refractivity contribution in [1.82, 2.24) is 19.3 Å². The van der Waals surface area contributed by atoms with E-state index < -0.39 is 0 Å². The van der Waals surface area contributed by atoms with E-state index in [4.69, 9.17) is 10.2 Å². The molecule has 210 valence electrons. The summed E-state index contributed by atoms with van der Waals surface area (Å²) in [4.78, 5) is 2.53. The van der Waals surface area contributed by atoms with Gasteiger partial charge in [-0.05, 0) is 70.3 Å². The van der Waals surface area contributed by atoms with Crippen LogP contribution in [0.15, 0.2) is 121 Å². The van der Waals surface area contributed by atoms with Gasteiger partial charge >= 0.3 is 0 Å². The summed E-state index contributed by atoms with van der Waals surface area (Å²) in [6.45, 7) is 0. The van der Waals surface area contributed by atoms with Crippen molar-refractivity contribution in [3.05, 3.63) is 143 Å². The number of para-hydroxylation sites is 2. The van der Waals surface area contributed by atoms with E-state index in [1.54, 1.807) is 0 Å². The predicted octanol–water partition coefficient (Wildman–Crippen LogP) is 8.46. The maximum Gasteiger partial charge on any atom is 0.241 e. The Hall–Kier alpha value is -5.94. The molecule has 3 aliphatic rings. The Morgan fingerprint density at radius 3 is 2.16 bits per heavy atom. The van der Waals surface area contributed by atoms with E-state index in [0.717, 1.165) is 29.4 Å². The normalized spacial score (nSPS) is 15.7. The minimum Gasteiger partial charge on any atom is -0.330 e. The van der Waals surface area contributed by atoms with Gasteiger partial charge in [0.1, 0.15) is 0 Å². The number of aromatic nitrogens is 4. The molecule has 2 aliphatic carbocycles. The Kier molecular flexibility index (Phi) is 4.37. The molecule has 6 aromatic carbocycles. The molecule has 0 bridgehead atoms. The summed E-state index contributed by atoms with van der Waals surface area (Å²) in [7, 11) is 0. The van der Waals surface area contributed by atoms with Crippen LogP contribution < -0.4 is 10.2 Å². The zero-order valence-electron chi connectivity index (χ0n) is 24.2. The largest absolute Gasteiger partial charge is 0.330 e. The highest BCUT2D eigenvalue weighted by atomic mass is 15.4. The highest BCUT2D eigenvalue weighted by Crippen LogP contribution is 2.56. The Bertz CT molecular complexity index is 2610. The first-order chi connectivity index (χ1) is 22.4. The SMILES string of the molecule is C1=CC2c3c4c(ccc5c4c4c(n(-c6nnc(-c7ccccc7)n6-c6ccccc6)c6ccc1c3c46)=CC5)N2c1ccccc1. The van der Waals surface area contributed by atoms with Crippen molar-refractivity contribution >= 4 is 56.0 Å². The second kappa shape index (κ2) is 8.36. The summed E-state index contributed by atoms with van der Waals surface area (Å²) in [5.74, 6) is 1.63. The van der Waals surface area contributed by atoms with Crippen molar-refractivity contribution in [1.29, 1.82) is 0 Å². The first kappa shape index (κ1) is 23.5. The van der Waals surface area contributed by atoms with Crippen LogP contribution in [0.3, 0.4) is 0 Å². The van der Waals surface area contributed by atoms with Crippen LogP contribution in [-0.2, 0) is 6.42 Å². The molecule has 0 N–H and O–H groups in total. The number of hydrogen-bond acceptors (Lipinski definition) is 3. The highest BCUT2D eigenvalue weighted by molar-refractivity contribution is 6.30. The van der Waals surface area contributed by atoms with Crippen molar-refractivity contribution < 1.29 is 0 Å². The third-order valence-electron chi connectivity index (χ3n) is 10.00. The second-order valence-corrected chi connectivity index (χ2v) is 12.2. The third kappa shape index (κ3) is 2.88. The summed E-state index contributed by atoms with van der Waals surface area (Å²) in [5.41, 5.74) is 9.86. The highest BCUT2D eigenvalue weighted by Gasteiger charge is 2.38. The van der Waals surface area contributed by atoms with Crippen LogP contribution in [0.25, 0.3) is 67.6 Å². The number of nitrogens with zero attached hydrogens (tertiary/aromatic N) is 5. The Balaban J connectivity index is 1.30. The second-order valence-electron chi connectivity index (χ2n) is 12.2. The first-order valence-corrected chi connectivity index (χ1v) is 15.5. The molecule has 1 atom stereocenters. The molecule has 0 amide bonds. The summed E-state index contributed by atoms with van der Waals surface area (Å²) in [6, 6.07) is 41.1. The van der Waals surface area contributed by atoms with E-state index in [1.807, 2.05) is 6.07 Å². The summed E-state index contributed by atoms with van der Waals surface area (Å²) in [6.07, 6.45) is 7.98. The number of hydrogen-bond donors (Lipinski definition) is 0. The van der Waals surface area contributed by atoms with E-state index in [1.165, 1.54) is 65.9 Å². The van der Waals surface area contributed by atoms with Crippen LogP contribution in [-0.4, -0.2) is 19.3 Å². The molecule has 5 heteroatoms. The van der Waals surface area contributed by atoms with Crippen LogP contribution in [0.5, 0.6) is 0 Å². The van der Waals surface area contributed by atoms with Gasteiger partial charge in [-0.2, -0.15) is 0 Å². The zero-order chi connectivity index (χ0) is 29.2. The molecule has 11 rings (SSSR count). The molecular formula is C40H25N5. The monoisotopic (exact) mass is 575 g/mol. The molecule has 2 aromatic heterocycles. The smallest absolute Gasteiger partial charge is 0.241 e. The van der Waals surface area contributed by atoms with Crippen LogP contribution in [0.4, 0.5) is 11.4 Å². The molecule has 45 heavy (non-hydrogen) atoms. The average molecular weight is 576 g/mol. The zero-order valence-corrected chi connectivity index (χ0v) is 24.2. The lowest BCUT2D eigenvalue weighted by atomic mass is 9.83. The first-order valence-electron chi connectivity index (χ1n) is 15.5. The Morgan fingerprint density at radius 1 is 0.600 bits per heavy atom. The van der Waals surface area contributed by atoms with Crippen LogP contribution in [0, 0.1) is 0 Å². The van der Waals surface area contributed by atoms with Gasteiger partial charge in [0.15, 0.2) is 5.82 Å². The van der Waals surface area contributed by atoms with Gasteiger partial charge < -0.3 is 4.90 Å². The predicted molar refractivity (Wildman–Crippen MR) is 182 cm³/mol. The molecule has 0 saturated heterocycles. The van der Waals surface area contributed by atoms with Crippen molar-refractivity contribution in [3.8, 4) is 23.0 Å². The van der Waals surface area contributed by atoms with Gasteiger partial charge in [-0.1, -0.05) is 97.1 Å². The fourth-order valence-corrected chi connectivity index (χ4v) is 8.25. The fraction of sp³-hybridized carbons (Fsp3) is 0.0500. The standard InChI is InChI=1S/C40H25N5/c1-4-10-26(11-5-1)39-41-42-40(44(39)28-14-8-3-9-15-28)45-31-22-18-24-16-20-29-35-33(24)37(31)38-32(45)23-19-25-17-21-30(36(35)34(25)38)43(29)27-12-6-2-7-13-27/h1-18,20-23,29H,19H2. The van der Waals surface area contributed by atoms with Gasteiger partial charge in [0.2, 0.25) is 5.95 Å². The van der Waals surface area contributed by atoms with Crippen molar-refractivity contribution in [2.75, 3.05) is 4.90 Å². The maximum absolute atomic E-state index is 4.95. The molecule has 0 saturated carbocycles. The Labute approximate surface area is 258 Å². The molecule has 5 nitrogen and oxygen atoms in total. The molecule has 0 radical (unpaired) electrons. The third-order valence-corrected chi connectivity index (χ3v) is 10.00. The lowest BCUT2D eigenvalue weighted by molar-refractivity contribution is 0.892. The van der Waals surface area contributed by atoms with Gasteiger partial charge in [0, 0.05) is 27.4 Å². The topological polar surface area (TPSA) is 38.9 Å². The maximum atomic E-state index is 4.95. The van der Waals surface area contributed by atoms with E-state index in [2.05, 4.69) is 141 Å². The van der Waals surface area contributed by atoms with Gasteiger partial charge in [0.05, 0.1) is 28.3 Å². The number of anilines is 2. The minimum absolute atomic E-state index is 0.149.